The first-order valence-corrected chi connectivity index (χ1v) is 12.9. The van der Waals surface area contributed by atoms with Gasteiger partial charge in [0, 0.05) is 11.3 Å². The second-order valence-electron chi connectivity index (χ2n) is 13.2. The van der Waals surface area contributed by atoms with E-state index in [-0.39, 0.29) is 36.4 Å². The second-order valence-corrected chi connectivity index (χ2v) is 13.2. The fraction of sp³-hybridized carbons (Fsp3) is 0.889. The number of rotatable bonds is 5. The quantitative estimate of drug-likeness (QED) is 0.353. The van der Waals surface area contributed by atoms with Crippen LogP contribution in [0.5, 0.6) is 0 Å². The van der Waals surface area contributed by atoms with E-state index in [4.69, 9.17) is 0 Å². The highest BCUT2D eigenvalue weighted by molar-refractivity contribution is 5.95. The summed E-state index contributed by atoms with van der Waals surface area (Å²) in [4.78, 5) is 13.2. The molecule has 3 fully saturated rings. The van der Waals surface area contributed by atoms with E-state index in [9.17, 15) is 35.4 Å². The maximum absolute atomic E-state index is 13.2. The van der Waals surface area contributed by atoms with Gasteiger partial charge in [-0.3, -0.25) is 4.79 Å². The summed E-state index contributed by atoms with van der Waals surface area (Å²) in [6, 6.07) is 0. The molecule has 4 aliphatic rings. The van der Waals surface area contributed by atoms with Gasteiger partial charge in [0.15, 0.2) is 5.78 Å². The number of allylic oxidation sites excluding steroid dienone is 1. The molecule has 0 spiro atoms. The van der Waals surface area contributed by atoms with Crippen molar-refractivity contribution in [2.45, 2.75) is 121 Å². The Kier molecular flexibility index (Phi) is 6.24. The van der Waals surface area contributed by atoms with E-state index in [2.05, 4.69) is 0 Å². The summed E-state index contributed by atoms with van der Waals surface area (Å²) in [6.07, 6.45) is 2.11. The molecule has 4 rings (SSSR count). The summed E-state index contributed by atoms with van der Waals surface area (Å²) in [5.74, 6) is -0.948. The summed E-state index contributed by atoms with van der Waals surface area (Å²) in [6.45, 7) is 8.96. The third-order valence-electron chi connectivity index (χ3n) is 10.5. The number of hydrogen-bond donors (Lipinski definition) is 6. The van der Waals surface area contributed by atoms with Gasteiger partial charge in [0.2, 0.25) is 0 Å². The lowest BCUT2D eigenvalue weighted by atomic mass is 9.45. The Balaban J connectivity index is 1.66. The van der Waals surface area contributed by atoms with Gasteiger partial charge in [-0.2, -0.15) is 0 Å². The highest BCUT2D eigenvalue weighted by Crippen LogP contribution is 2.68. The van der Waals surface area contributed by atoms with E-state index < -0.39 is 45.9 Å². The van der Waals surface area contributed by atoms with E-state index >= 15 is 0 Å². The van der Waals surface area contributed by atoms with Crippen molar-refractivity contribution in [1.29, 1.82) is 0 Å². The number of ketones is 1. The maximum Gasteiger partial charge on any atom is 0.159 e. The zero-order valence-electron chi connectivity index (χ0n) is 21.3. The van der Waals surface area contributed by atoms with E-state index in [1.807, 2.05) is 13.8 Å². The zero-order chi connectivity index (χ0) is 25.5. The first kappa shape index (κ1) is 26.2. The summed E-state index contributed by atoms with van der Waals surface area (Å²) >= 11 is 0. The molecular formula is C27H44O7. The van der Waals surface area contributed by atoms with Crippen LogP contribution in [0.25, 0.3) is 0 Å². The Bertz CT molecular complexity index is 860. The van der Waals surface area contributed by atoms with Crippen LogP contribution < -0.4 is 0 Å². The third-order valence-corrected chi connectivity index (χ3v) is 10.5. The Morgan fingerprint density at radius 1 is 1.06 bits per heavy atom. The van der Waals surface area contributed by atoms with Crippen LogP contribution in [-0.2, 0) is 4.79 Å². The minimum Gasteiger partial charge on any atom is -0.390 e. The lowest BCUT2D eigenvalue weighted by Gasteiger charge is -2.60. The average Bonchev–Trinajstić information content (AvgIpc) is 3.00. The SMILES string of the molecule is CC(C)(O)CC[C@@H](O)[C@@](C)(O)C1CC[C@@]2(O)C3=CC(=O)[C@@H]4C[C@@H](O)[C@@H](O)C[C@]4(C)C3CC[C@]12C. The minimum atomic E-state index is -1.46. The van der Waals surface area contributed by atoms with Crippen molar-refractivity contribution in [2.75, 3.05) is 0 Å². The van der Waals surface area contributed by atoms with Crippen molar-refractivity contribution in [1.82, 2.24) is 0 Å². The number of hydrogen-bond acceptors (Lipinski definition) is 7. The van der Waals surface area contributed by atoms with Crippen molar-refractivity contribution in [2.24, 2.45) is 28.6 Å². The van der Waals surface area contributed by atoms with Gasteiger partial charge >= 0.3 is 0 Å². The normalized spacial score (nSPS) is 47.2. The van der Waals surface area contributed by atoms with Gasteiger partial charge in [-0.1, -0.05) is 13.8 Å². The number of aliphatic hydroxyl groups excluding tert-OH is 3. The fourth-order valence-corrected chi connectivity index (χ4v) is 8.32. The topological polar surface area (TPSA) is 138 Å². The smallest absolute Gasteiger partial charge is 0.159 e. The van der Waals surface area contributed by atoms with Crippen LogP contribution in [-0.4, -0.2) is 71.5 Å². The van der Waals surface area contributed by atoms with Gasteiger partial charge in [0.05, 0.1) is 35.1 Å². The van der Waals surface area contributed by atoms with Crippen molar-refractivity contribution < 1.29 is 35.4 Å². The lowest BCUT2D eigenvalue weighted by molar-refractivity contribution is -0.177. The maximum atomic E-state index is 13.2. The van der Waals surface area contributed by atoms with Crippen LogP contribution in [0.4, 0.5) is 0 Å². The van der Waals surface area contributed by atoms with Crippen LogP contribution in [0.15, 0.2) is 11.6 Å². The highest BCUT2D eigenvalue weighted by atomic mass is 16.3. The van der Waals surface area contributed by atoms with E-state index in [1.54, 1.807) is 26.8 Å². The number of aliphatic hydroxyl groups is 6. The van der Waals surface area contributed by atoms with Crippen molar-refractivity contribution >= 4 is 5.78 Å². The molecule has 6 N–H and O–H groups in total. The van der Waals surface area contributed by atoms with Crippen LogP contribution >= 0.6 is 0 Å². The molecule has 0 aromatic carbocycles. The Labute approximate surface area is 202 Å². The Hall–Kier alpha value is -0.830. The van der Waals surface area contributed by atoms with Crippen LogP contribution in [0.1, 0.15) is 86.0 Å². The number of carbonyl (C=O) groups is 1. The molecule has 0 saturated heterocycles. The summed E-state index contributed by atoms with van der Waals surface area (Å²) in [7, 11) is 0. The molecule has 0 amide bonds. The van der Waals surface area contributed by atoms with E-state index in [0.29, 0.717) is 44.1 Å². The third kappa shape index (κ3) is 3.73. The molecule has 0 aromatic heterocycles. The average molecular weight is 481 g/mol. The van der Waals surface area contributed by atoms with Crippen LogP contribution in [0, 0.1) is 28.6 Å². The lowest BCUT2D eigenvalue weighted by Crippen LogP contribution is -2.62. The minimum absolute atomic E-state index is 0.0840. The van der Waals surface area contributed by atoms with E-state index in [1.165, 1.54) is 0 Å². The fourth-order valence-electron chi connectivity index (χ4n) is 8.32. The van der Waals surface area contributed by atoms with Gasteiger partial charge < -0.3 is 30.6 Å². The summed E-state index contributed by atoms with van der Waals surface area (Å²) in [5.41, 5.74) is -4.27. The second kappa shape index (κ2) is 8.09. The molecule has 7 nitrogen and oxygen atoms in total. The molecule has 0 aliphatic heterocycles. The summed E-state index contributed by atoms with van der Waals surface area (Å²) < 4.78 is 0. The Morgan fingerprint density at radius 3 is 2.32 bits per heavy atom. The van der Waals surface area contributed by atoms with Gasteiger partial charge in [-0.15, -0.1) is 0 Å². The molecule has 3 saturated carbocycles. The van der Waals surface area contributed by atoms with Gasteiger partial charge in [0.1, 0.15) is 0 Å². The predicted octanol–water partition coefficient (Wildman–Crippen LogP) is 1.85. The molecular weight excluding hydrogens is 436 g/mol. The predicted molar refractivity (Wildman–Crippen MR) is 127 cm³/mol. The summed E-state index contributed by atoms with van der Waals surface area (Å²) in [5, 5.41) is 65.5. The standard InChI is InChI=1S/C27H44O7/c1-23(2,32)9-8-22(31)26(5,33)21-7-11-27(34)16-12-18(28)17-13-19(29)20(30)14-24(17,3)15(16)6-10-25(21,27)4/h12,15,17,19-22,29-34H,6-11,13-14H2,1-5H3/t15?,17-,19+,20-,21?,22+,24+,25+,26-,27+/m0/s1. The largest absolute Gasteiger partial charge is 0.390 e. The monoisotopic (exact) mass is 480 g/mol. The number of fused-ring (bicyclic) bond motifs is 5. The molecule has 194 valence electrons. The van der Waals surface area contributed by atoms with Crippen LogP contribution in [0.3, 0.4) is 0 Å². The zero-order valence-corrected chi connectivity index (χ0v) is 21.3. The van der Waals surface area contributed by atoms with Gasteiger partial charge in [-0.05, 0) is 101 Å². The van der Waals surface area contributed by atoms with E-state index in [0.717, 1.165) is 0 Å². The molecule has 4 aliphatic carbocycles. The molecule has 0 heterocycles. The van der Waals surface area contributed by atoms with Crippen molar-refractivity contribution in [3.05, 3.63) is 11.6 Å². The van der Waals surface area contributed by atoms with Crippen molar-refractivity contribution in [3.8, 4) is 0 Å². The van der Waals surface area contributed by atoms with Gasteiger partial charge in [0.25, 0.3) is 0 Å². The first-order chi connectivity index (χ1) is 15.5. The highest BCUT2D eigenvalue weighted by Gasteiger charge is 2.69. The molecule has 34 heavy (non-hydrogen) atoms. The first-order valence-electron chi connectivity index (χ1n) is 12.9. The van der Waals surface area contributed by atoms with Crippen LogP contribution in [0.2, 0.25) is 0 Å². The molecule has 0 radical (unpaired) electrons. The molecule has 0 aromatic rings. The molecule has 2 unspecified atom stereocenters. The van der Waals surface area contributed by atoms with Gasteiger partial charge in [-0.25, -0.2) is 0 Å². The number of carbonyl (C=O) groups excluding carboxylic acids is 1. The van der Waals surface area contributed by atoms with Crippen molar-refractivity contribution in [3.63, 3.8) is 0 Å². The molecule has 10 atom stereocenters. The molecule has 7 heteroatoms. The Morgan fingerprint density at radius 2 is 1.71 bits per heavy atom. The molecule has 0 bridgehead atoms.